The molecule has 0 bridgehead atoms. The van der Waals surface area contributed by atoms with E-state index in [1.54, 1.807) is 224 Å². The minimum atomic E-state index is -2.58. The van der Waals surface area contributed by atoms with Crippen LogP contribution in [-0.4, -0.2) is 122 Å². The lowest BCUT2D eigenvalue weighted by Gasteiger charge is -2.49. The number of benzene rings is 8. The third-order valence-electron chi connectivity index (χ3n) is 14.9. The molecule has 0 fully saturated rings. The summed E-state index contributed by atoms with van der Waals surface area (Å²) in [5.41, 5.74) is -5.23. The molecule has 0 amide bonds. The SMILES string of the molecule is O=C(Cc1ccccc1)[C@@](O)(Cc1ccccc1)[C@@H](O)[C@](O)(Cc1ccccc1)[C@H](O)C(O)Cc1ccccc1.O=C(Cc1ccccc1)[C@H](O)[C@](O)(Cc1ccccc1)[C@](O)(Cc1ccccc1)[C@H](O)C(O)Cc1ccccc1. The highest BCUT2D eigenvalue weighted by Gasteiger charge is 2.61. The fourth-order valence-electron chi connectivity index (χ4n) is 10.4. The first kappa shape index (κ1) is 60.3. The highest BCUT2D eigenvalue weighted by molar-refractivity contribution is 5.90. The molecule has 0 spiro atoms. The van der Waals surface area contributed by atoms with Crippen molar-refractivity contribution in [3.05, 3.63) is 287 Å². The Balaban J connectivity index is 0.000000231. The molecule has 10 atom stereocenters. The lowest BCUT2D eigenvalue weighted by atomic mass is 9.66. The first-order valence-electron chi connectivity index (χ1n) is 26.8. The van der Waals surface area contributed by atoms with Gasteiger partial charge in [-0.3, -0.25) is 9.59 Å². The van der Waals surface area contributed by atoms with Crippen LogP contribution in [0.1, 0.15) is 44.5 Å². The lowest BCUT2D eigenvalue weighted by Crippen LogP contribution is -2.72. The molecule has 8 aromatic carbocycles. The summed E-state index contributed by atoms with van der Waals surface area (Å²) in [5, 5.41) is 118. The number of aliphatic hydroxyl groups excluding tert-OH is 6. The monoisotopic (exact) mass is 1080 g/mol. The fraction of sp³-hybridized carbons (Fsp3) is 0.265. The van der Waals surface area contributed by atoms with Gasteiger partial charge in [0.15, 0.2) is 17.2 Å². The van der Waals surface area contributed by atoms with Crippen LogP contribution >= 0.6 is 0 Å². The maximum absolute atomic E-state index is 13.8. The number of aliphatic hydroxyl groups is 10. The van der Waals surface area contributed by atoms with Gasteiger partial charge in [-0.25, -0.2) is 0 Å². The Morgan fingerprint density at radius 3 is 0.988 bits per heavy atom. The molecule has 8 rings (SSSR count). The van der Waals surface area contributed by atoms with Gasteiger partial charge in [0.25, 0.3) is 0 Å². The summed E-state index contributed by atoms with van der Waals surface area (Å²) < 4.78 is 0. The molecule has 0 aliphatic heterocycles. The van der Waals surface area contributed by atoms with Crippen LogP contribution in [0.15, 0.2) is 243 Å². The van der Waals surface area contributed by atoms with Crippen LogP contribution in [0.2, 0.25) is 0 Å². The molecule has 0 aromatic heterocycles. The number of hydrogen-bond acceptors (Lipinski definition) is 12. The fourth-order valence-corrected chi connectivity index (χ4v) is 10.4. The molecule has 0 radical (unpaired) electrons. The third-order valence-corrected chi connectivity index (χ3v) is 14.9. The highest BCUT2D eigenvalue weighted by atomic mass is 16.4. The molecule has 0 saturated heterocycles. The summed E-state index contributed by atoms with van der Waals surface area (Å²) in [6.07, 6.45) is -12.8. The molecule has 10 N–H and O–H groups in total. The van der Waals surface area contributed by atoms with Gasteiger partial charge in [-0.05, 0) is 44.5 Å². The molecule has 2 unspecified atom stereocenters. The van der Waals surface area contributed by atoms with Crippen molar-refractivity contribution in [1.29, 1.82) is 0 Å². The predicted molar refractivity (Wildman–Crippen MR) is 307 cm³/mol. The van der Waals surface area contributed by atoms with E-state index >= 15 is 0 Å². The number of carbonyl (C=O) groups is 2. The van der Waals surface area contributed by atoms with Crippen molar-refractivity contribution < 1.29 is 60.7 Å². The number of rotatable bonds is 26. The average molecular weight is 1080 g/mol. The van der Waals surface area contributed by atoms with E-state index in [1.807, 2.05) is 18.2 Å². The van der Waals surface area contributed by atoms with E-state index in [0.29, 0.717) is 44.5 Å². The second-order valence-electron chi connectivity index (χ2n) is 20.8. The molecule has 0 saturated carbocycles. The van der Waals surface area contributed by atoms with Gasteiger partial charge in [0.1, 0.15) is 41.2 Å². The first-order chi connectivity index (χ1) is 38.4. The van der Waals surface area contributed by atoms with Crippen molar-refractivity contribution >= 4 is 11.6 Å². The van der Waals surface area contributed by atoms with Gasteiger partial charge in [0.05, 0.1) is 12.2 Å². The molecule has 0 heterocycles. The van der Waals surface area contributed by atoms with Crippen LogP contribution in [0, 0.1) is 0 Å². The maximum atomic E-state index is 13.8. The molecular weight excluding hydrogens is 1010 g/mol. The van der Waals surface area contributed by atoms with E-state index in [1.165, 1.54) is 0 Å². The van der Waals surface area contributed by atoms with Gasteiger partial charge in [0.2, 0.25) is 0 Å². The van der Waals surface area contributed by atoms with E-state index in [9.17, 15) is 60.7 Å². The van der Waals surface area contributed by atoms with Gasteiger partial charge >= 0.3 is 0 Å². The summed E-state index contributed by atoms with van der Waals surface area (Å²) >= 11 is 0. The first-order valence-corrected chi connectivity index (χ1v) is 26.8. The number of Topliss-reactive ketones (excluding diaryl/α,β-unsaturated/α-hetero) is 2. The van der Waals surface area contributed by atoms with Crippen molar-refractivity contribution in [3.63, 3.8) is 0 Å². The molecule has 0 aliphatic rings. The van der Waals surface area contributed by atoms with Gasteiger partial charge in [-0.2, -0.15) is 0 Å². The molecule has 12 heteroatoms. The van der Waals surface area contributed by atoms with Crippen molar-refractivity contribution in [1.82, 2.24) is 0 Å². The van der Waals surface area contributed by atoms with Crippen molar-refractivity contribution in [2.45, 2.75) is 110 Å². The van der Waals surface area contributed by atoms with Crippen molar-refractivity contribution in [2.75, 3.05) is 0 Å². The largest absolute Gasteiger partial charge is 0.390 e. The normalized spacial score (nSPS) is 16.7. The number of ketones is 2. The summed E-state index contributed by atoms with van der Waals surface area (Å²) in [4.78, 5) is 27.3. The number of carbonyl (C=O) groups excluding carboxylic acids is 2. The van der Waals surface area contributed by atoms with E-state index in [4.69, 9.17) is 0 Å². The Kier molecular flexibility index (Phi) is 21.3. The van der Waals surface area contributed by atoms with Crippen LogP contribution in [0.25, 0.3) is 0 Å². The van der Waals surface area contributed by atoms with Crippen LogP contribution in [0.4, 0.5) is 0 Å². The van der Waals surface area contributed by atoms with Crippen LogP contribution in [0.3, 0.4) is 0 Å². The minimum Gasteiger partial charge on any atom is -0.390 e. The lowest BCUT2D eigenvalue weighted by molar-refractivity contribution is -0.250. The maximum Gasteiger partial charge on any atom is 0.171 e. The van der Waals surface area contributed by atoms with Crippen molar-refractivity contribution in [2.24, 2.45) is 0 Å². The minimum absolute atomic E-state index is 0.0130. The smallest absolute Gasteiger partial charge is 0.171 e. The highest BCUT2D eigenvalue weighted by Crippen LogP contribution is 2.39. The van der Waals surface area contributed by atoms with Crippen LogP contribution < -0.4 is 0 Å². The summed E-state index contributed by atoms with van der Waals surface area (Å²) in [6.45, 7) is 0. The van der Waals surface area contributed by atoms with E-state index in [0.717, 1.165) is 0 Å². The van der Waals surface area contributed by atoms with E-state index in [-0.39, 0.29) is 51.4 Å². The molecule has 8 aromatic rings. The van der Waals surface area contributed by atoms with Crippen LogP contribution in [0.5, 0.6) is 0 Å². The Morgan fingerprint density at radius 1 is 0.325 bits per heavy atom. The average Bonchev–Trinajstić information content (AvgIpc) is 3.48. The zero-order valence-electron chi connectivity index (χ0n) is 44.5. The summed E-state index contributed by atoms with van der Waals surface area (Å²) in [6, 6.07) is 70.3. The summed E-state index contributed by atoms with van der Waals surface area (Å²) in [7, 11) is 0. The molecular formula is C68H72O12. The van der Waals surface area contributed by atoms with Gasteiger partial charge in [-0.15, -0.1) is 0 Å². The second-order valence-corrected chi connectivity index (χ2v) is 20.8. The molecule has 12 nitrogen and oxygen atoms in total. The van der Waals surface area contributed by atoms with Crippen LogP contribution in [-0.2, 0) is 61.0 Å². The zero-order valence-corrected chi connectivity index (χ0v) is 44.5. The Hall–Kier alpha value is -7.30. The van der Waals surface area contributed by atoms with Crippen molar-refractivity contribution in [3.8, 4) is 0 Å². The van der Waals surface area contributed by atoms with Gasteiger partial charge < -0.3 is 51.1 Å². The van der Waals surface area contributed by atoms with Gasteiger partial charge in [-0.1, -0.05) is 243 Å². The molecule has 0 aliphatic carbocycles. The quantitative estimate of drug-likeness (QED) is 0.0295. The van der Waals surface area contributed by atoms with E-state index < -0.39 is 70.6 Å². The standard InChI is InChI=1S/2C34H36O6/c35-29(21-25-13-5-1-6-14-25)31(37)34(40,24-28-19-11-4-12-20-28)32(38)33(39,23-27-17-9-3-10-18-27)30(36)22-26-15-7-2-8-16-26;35-29(21-25-13-5-1-6-14-25)31(37)33(39,23-27-17-9-3-10-18-27)34(40,24-28-19-11-4-12-20-28)32(38)30(36)22-26-15-7-2-8-16-26/h2*1-20,29,31-32,35,37-40H,21-24H2/t29?,31-,32-,33+,34+;29?,31-,32+,33+,34-/m11/s1. The second kappa shape index (κ2) is 28.2. The van der Waals surface area contributed by atoms with E-state index in [2.05, 4.69) is 0 Å². The Labute approximate surface area is 467 Å². The zero-order chi connectivity index (χ0) is 57.2. The molecule has 80 heavy (non-hydrogen) atoms. The summed E-state index contributed by atoms with van der Waals surface area (Å²) in [5.74, 6) is -1.44. The van der Waals surface area contributed by atoms with Gasteiger partial charge in [0, 0.05) is 51.4 Å². The molecule has 416 valence electrons. The number of hydrogen-bond donors (Lipinski definition) is 10. The Morgan fingerprint density at radius 2 is 0.613 bits per heavy atom. The topological polar surface area (TPSA) is 236 Å². The predicted octanol–water partition coefficient (Wildman–Crippen LogP) is 6.14. The third kappa shape index (κ3) is 15.3. The Bertz CT molecular complexity index is 3090.